The molecule has 1 atom stereocenters. The van der Waals surface area contributed by atoms with Crippen molar-refractivity contribution in [2.75, 3.05) is 4.90 Å². The van der Waals surface area contributed by atoms with Crippen LogP contribution in [0, 0.1) is 11.3 Å². The monoisotopic (exact) mass is 262 g/mol. The van der Waals surface area contributed by atoms with Crippen molar-refractivity contribution in [2.24, 2.45) is 0 Å². The first-order valence-electron chi connectivity index (χ1n) is 7.16. The molecule has 20 heavy (non-hydrogen) atoms. The van der Waals surface area contributed by atoms with Gasteiger partial charge in [-0.3, -0.25) is 0 Å². The van der Waals surface area contributed by atoms with Crippen molar-refractivity contribution >= 4 is 5.69 Å². The quantitative estimate of drug-likeness (QED) is 0.820. The second-order valence-corrected chi connectivity index (χ2v) is 5.28. The Hall–Kier alpha value is -2.27. The van der Waals surface area contributed by atoms with Crippen molar-refractivity contribution in [1.29, 1.82) is 5.26 Å². The highest BCUT2D eigenvalue weighted by Crippen LogP contribution is 2.30. The number of nitrogens with zero attached hydrogens (tertiary/aromatic N) is 2. The van der Waals surface area contributed by atoms with Crippen LogP contribution in [-0.4, -0.2) is 6.04 Å². The fraction of sp³-hybridized carbons (Fsp3) is 0.278. The number of rotatable bonds is 2. The van der Waals surface area contributed by atoms with Gasteiger partial charge in [-0.15, -0.1) is 0 Å². The third-order valence-electron chi connectivity index (χ3n) is 3.95. The van der Waals surface area contributed by atoms with Gasteiger partial charge in [-0.05, 0) is 36.5 Å². The number of hydrogen-bond donors (Lipinski definition) is 0. The predicted octanol–water partition coefficient (Wildman–Crippen LogP) is 3.92. The molecule has 0 unspecified atom stereocenters. The molecule has 3 rings (SSSR count). The van der Waals surface area contributed by atoms with Crippen LogP contribution in [0.25, 0.3) is 0 Å². The lowest BCUT2D eigenvalue weighted by Crippen LogP contribution is -2.33. The van der Waals surface area contributed by atoms with E-state index in [9.17, 15) is 5.26 Å². The first-order chi connectivity index (χ1) is 9.88. The van der Waals surface area contributed by atoms with E-state index in [0.29, 0.717) is 0 Å². The van der Waals surface area contributed by atoms with Crippen molar-refractivity contribution in [3.63, 3.8) is 0 Å². The Morgan fingerprint density at radius 1 is 1.05 bits per heavy atom. The maximum Gasteiger partial charge on any atom is 0.117 e. The van der Waals surface area contributed by atoms with Gasteiger partial charge in [0.2, 0.25) is 0 Å². The molecule has 0 bridgehead atoms. The standard InChI is InChI=1S/C18H18N2/c19-13-17-11-6-10-16-9-4-5-12-18(16)20(17)14-15-7-2-1-3-8-15/h1-5,7-9,12,17H,6,10-11,14H2/t17-/m1/s1. The highest BCUT2D eigenvalue weighted by molar-refractivity contribution is 5.56. The van der Waals surface area contributed by atoms with E-state index in [2.05, 4.69) is 59.5 Å². The van der Waals surface area contributed by atoms with Crippen molar-refractivity contribution in [3.8, 4) is 6.07 Å². The van der Waals surface area contributed by atoms with Crippen LogP contribution in [0.15, 0.2) is 54.6 Å². The topological polar surface area (TPSA) is 27.0 Å². The average Bonchev–Trinajstić information content (AvgIpc) is 2.68. The van der Waals surface area contributed by atoms with Crippen molar-refractivity contribution in [3.05, 3.63) is 65.7 Å². The molecule has 0 spiro atoms. The highest BCUT2D eigenvalue weighted by atomic mass is 15.2. The van der Waals surface area contributed by atoms with E-state index < -0.39 is 0 Å². The predicted molar refractivity (Wildman–Crippen MR) is 81.4 cm³/mol. The zero-order chi connectivity index (χ0) is 13.8. The minimum absolute atomic E-state index is 0.0288. The molecule has 100 valence electrons. The van der Waals surface area contributed by atoms with E-state index in [1.807, 2.05) is 6.07 Å². The molecule has 0 saturated heterocycles. The van der Waals surface area contributed by atoms with Gasteiger partial charge in [0, 0.05) is 12.2 Å². The summed E-state index contributed by atoms with van der Waals surface area (Å²) >= 11 is 0. The van der Waals surface area contributed by atoms with E-state index in [0.717, 1.165) is 25.8 Å². The third-order valence-corrected chi connectivity index (χ3v) is 3.95. The van der Waals surface area contributed by atoms with Crippen molar-refractivity contribution < 1.29 is 0 Å². The molecule has 0 N–H and O–H groups in total. The van der Waals surface area contributed by atoms with Gasteiger partial charge < -0.3 is 4.90 Å². The van der Waals surface area contributed by atoms with Crippen molar-refractivity contribution in [1.82, 2.24) is 0 Å². The second kappa shape index (κ2) is 5.79. The largest absolute Gasteiger partial charge is 0.351 e. The van der Waals surface area contributed by atoms with Gasteiger partial charge in [0.05, 0.1) is 6.07 Å². The number of para-hydroxylation sites is 1. The molecule has 1 aliphatic rings. The van der Waals surface area contributed by atoms with Gasteiger partial charge in [0.25, 0.3) is 0 Å². The molecule has 0 amide bonds. The maximum atomic E-state index is 9.50. The molecule has 0 saturated carbocycles. The molecule has 0 aromatic heterocycles. The van der Waals surface area contributed by atoms with Crippen LogP contribution in [0.3, 0.4) is 0 Å². The summed E-state index contributed by atoms with van der Waals surface area (Å²) in [5.74, 6) is 0. The highest BCUT2D eigenvalue weighted by Gasteiger charge is 2.23. The molecule has 1 aliphatic heterocycles. The molecular weight excluding hydrogens is 244 g/mol. The summed E-state index contributed by atoms with van der Waals surface area (Å²) in [4.78, 5) is 2.26. The zero-order valence-corrected chi connectivity index (χ0v) is 11.5. The van der Waals surface area contributed by atoms with Crippen LogP contribution in [0.5, 0.6) is 0 Å². The molecule has 0 fully saturated rings. The van der Waals surface area contributed by atoms with E-state index >= 15 is 0 Å². The van der Waals surface area contributed by atoms with Gasteiger partial charge in [-0.2, -0.15) is 5.26 Å². The first kappa shape index (κ1) is 12.7. The number of benzene rings is 2. The Labute approximate surface area is 120 Å². The lowest BCUT2D eigenvalue weighted by molar-refractivity contribution is 0.633. The van der Waals surface area contributed by atoms with Crippen LogP contribution in [0.2, 0.25) is 0 Å². The van der Waals surface area contributed by atoms with Gasteiger partial charge >= 0.3 is 0 Å². The Balaban J connectivity index is 1.98. The minimum atomic E-state index is -0.0288. The Morgan fingerprint density at radius 2 is 1.80 bits per heavy atom. The third kappa shape index (κ3) is 2.53. The van der Waals surface area contributed by atoms with Gasteiger partial charge in [-0.1, -0.05) is 48.5 Å². The SMILES string of the molecule is N#C[C@H]1CCCc2ccccc2N1Cc1ccccc1. The fourth-order valence-corrected chi connectivity index (χ4v) is 2.92. The van der Waals surface area contributed by atoms with Crippen molar-refractivity contribution in [2.45, 2.75) is 31.8 Å². The number of aryl methyl sites for hydroxylation is 1. The Morgan fingerprint density at radius 3 is 2.60 bits per heavy atom. The van der Waals surface area contributed by atoms with Gasteiger partial charge in [0.1, 0.15) is 6.04 Å². The first-order valence-corrected chi connectivity index (χ1v) is 7.16. The molecule has 2 heteroatoms. The smallest absolute Gasteiger partial charge is 0.117 e. The lowest BCUT2D eigenvalue weighted by Gasteiger charge is -2.29. The molecule has 2 nitrogen and oxygen atoms in total. The van der Waals surface area contributed by atoms with Gasteiger partial charge in [-0.25, -0.2) is 0 Å². The molecule has 1 heterocycles. The van der Waals surface area contributed by atoms with E-state index in [1.165, 1.54) is 16.8 Å². The molecule has 2 aromatic rings. The normalized spacial score (nSPS) is 17.9. The Kier molecular flexibility index (Phi) is 3.69. The van der Waals surface area contributed by atoms with Crippen LogP contribution >= 0.6 is 0 Å². The number of nitriles is 1. The summed E-state index contributed by atoms with van der Waals surface area (Å²) < 4.78 is 0. The minimum Gasteiger partial charge on any atom is -0.351 e. The van der Waals surface area contributed by atoms with Crippen LogP contribution in [0.1, 0.15) is 24.0 Å². The molecular formula is C18H18N2. The fourth-order valence-electron chi connectivity index (χ4n) is 2.92. The Bertz CT molecular complexity index is 613. The van der Waals surface area contributed by atoms with E-state index in [1.54, 1.807) is 0 Å². The van der Waals surface area contributed by atoms with E-state index in [-0.39, 0.29) is 6.04 Å². The van der Waals surface area contributed by atoms with E-state index in [4.69, 9.17) is 0 Å². The summed E-state index contributed by atoms with van der Waals surface area (Å²) in [6, 6.07) is 21.3. The summed E-state index contributed by atoms with van der Waals surface area (Å²) in [6.07, 6.45) is 3.10. The van der Waals surface area contributed by atoms with Crippen LogP contribution in [-0.2, 0) is 13.0 Å². The molecule has 2 aromatic carbocycles. The number of fused-ring (bicyclic) bond motifs is 1. The summed E-state index contributed by atoms with van der Waals surface area (Å²) in [5, 5.41) is 9.50. The van der Waals surface area contributed by atoms with Gasteiger partial charge in [0.15, 0.2) is 0 Å². The lowest BCUT2D eigenvalue weighted by atomic mass is 10.1. The zero-order valence-electron chi connectivity index (χ0n) is 11.5. The number of hydrogen-bond acceptors (Lipinski definition) is 2. The maximum absolute atomic E-state index is 9.50. The van der Waals surface area contributed by atoms with Crippen LogP contribution in [0.4, 0.5) is 5.69 Å². The summed E-state index contributed by atoms with van der Waals surface area (Å²) in [5.41, 5.74) is 3.84. The molecule has 0 aliphatic carbocycles. The second-order valence-electron chi connectivity index (χ2n) is 5.28. The number of anilines is 1. The summed E-state index contributed by atoms with van der Waals surface area (Å²) in [7, 11) is 0. The average molecular weight is 262 g/mol. The molecule has 0 radical (unpaired) electrons. The van der Waals surface area contributed by atoms with Crippen LogP contribution < -0.4 is 4.90 Å². The summed E-state index contributed by atoms with van der Waals surface area (Å²) in [6.45, 7) is 0.802.